The zero-order valence-electron chi connectivity index (χ0n) is 15.9. The van der Waals surface area contributed by atoms with Crippen molar-refractivity contribution >= 4 is 33.7 Å². The highest BCUT2D eigenvalue weighted by Gasteiger charge is 2.22. The third-order valence-corrected chi connectivity index (χ3v) is 5.06. The molecule has 0 aliphatic heterocycles. The van der Waals surface area contributed by atoms with Gasteiger partial charge in [-0.05, 0) is 35.4 Å². The van der Waals surface area contributed by atoms with E-state index in [1.807, 2.05) is 42.5 Å². The molecular weight excluding hydrogens is 370 g/mol. The van der Waals surface area contributed by atoms with E-state index in [0.29, 0.717) is 5.75 Å². The number of para-hydroxylation sites is 1. The Bertz CT molecular complexity index is 1190. The summed E-state index contributed by atoms with van der Waals surface area (Å²) in [6.45, 7) is 0. The smallest absolute Gasteiger partial charge is 0.326 e. The van der Waals surface area contributed by atoms with Crippen LogP contribution in [0.15, 0.2) is 54.9 Å². The first-order chi connectivity index (χ1) is 14.0. The molecule has 4 N–H and O–H groups in total. The average Bonchev–Trinajstić information content (AvgIpc) is 3.31. The molecular formula is C22H21N3O4. The predicted octanol–water partition coefficient (Wildman–Crippen LogP) is 3.01. The summed E-state index contributed by atoms with van der Waals surface area (Å²) in [6.07, 6.45) is 3.83. The monoisotopic (exact) mass is 391 g/mol. The average molecular weight is 391 g/mol. The van der Waals surface area contributed by atoms with Gasteiger partial charge in [0.15, 0.2) is 0 Å². The number of hydrogen-bond donors (Lipinski definition) is 4. The normalized spacial score (nSPS) is 12.2. The number of carbonyl (C=O) groups excluding carboxylic acids is 1. The van der Waals surface area contributed by atoms with Crippen molar-refractivity contribution in [2.45, 2.75) is 18.9 Å². The molecule has 0 bridgehead atoms. The molecule has 0 radical (unpaired) electrons. The second-order valence-corrected chi connectivity index (χ2v) is 6.92. The minimum absolute atomic E-state index is 0.0742. The number of nitrogens with one attached hydrogen (secondary N) is 3. The highest BCUT2D eigenvalue weighted by molar-refractivity contribution is 5.91. The number of ether oxygens (including phenoxy) is 1. The topological polar surface area (TPSA) is 107 Å². The molecule has 7 heteroatoms. The first-order valence-electron chi connectivity index (χ1n) is 9.26. The SMILES string of the molecule is COc1ccc2[nH]cc(CC(=O)N[C@@H](Cc3c[nH]c4ccccc34)C(=O)O)c2c1. The zero-order chi connectivity index (χ0) is 20.4. The summed E-state index contributed by atoms with van der Waals surface area (Å²) in [5, 5.41) is 14.1. The second-order valence-electron chi connectivity index (χ2n) is 6.92. The number of benzene rings is 2. The third kappa shape index (κ3) is 3.80. The van der Waals surface area contributed by atoms with E-state index in [1.54, 1.807) is 19.5 Å². The van der Waals surface area contributed by atoms with Crippen LogP contribution in [0, 0.1) is 0 Å². The van der Waals surface area contributed by atoms with Crippen LogP contribution in [0.2, 0.25) is 0 Å². The van der Waals surface area contributed by atoms with Gasteiger partial charge in [-0.1, -0.05) is 18.2 Å². The Morgan fingerprint density at radius 3 is 2.52 bits per heavy atom. The molecule has 0 fully saturated rings. The summed E-state index contributed by atoms with van der Waals surface area (Å²) in [5.74, 6) is -0.716. The molecule has 148 valence electrons. The van der Waals surface area contributed by atoms with Crippen LogP contribution >= 0.6 is 0 Å². The molecule has 1 amide bonds. The van der Waals surface area contributed by atoms with Crippen molar-refractivity contribution in [3.63, 3.8) is 0 Å². The molecule has 4 aromatic rings. The van der Waals surface area contributed by atoms with Crippen LogP contribution in [-0.2, 0) is 22.4 Å². The lowest BCUT2D eigenvalue weighted by atomic mass is 10.0. The summed E-state index contributed by atoms with van der Waals surface area (Å²) in [7, 11) is 1.59. The van der Waals surface area contributed by atoms with Crippen LogP contribution in [0.4, 0.5) is 0 Å². The lowest BCUT2D eigenvalue weighted by molar-refractivity contribution is -0.141. The number of rotatable bonds is 7. The van der Waals surface area contributed by atoms with Crippen molar-refractivity contribution in [2.75, 3.05) is 7.11 Å². The van der Waals surface area contributed by atoms with Crippen LogP contribution in [-0.4, -0.2) is 40.1 Å². The highest BCUT2D eigenvalue weighted by Crippen LogP contribution is 2.24. The van der Waals surface area contributed by atoms with E-state index in [9.17, 15) is 14.7 Å². The fourth-order valence-electron chi connectivity index (χ4n) is 3.57. The fourth-order valence-corrected chi connectivity index (χ4v) is 3.57. The van der Waals surface area contributed by atoms with Crippen molar-refractivity contribution < 1.29 is 19.4 Å². The van der Waals surface area contributed by atoms with E-state index in [1.165, 1.54) is 0 Å². The van der Waals surface area contributed by atoms with E-state index in [-0.39, 0.29) is 18.7 Å². The van der Waals surface area contributed by atoms with E-state index in [0.717, 1.165) is 32.9 Å². The number of amides is 1. The minimum Gasteiger partial charge on any atom is -0.497 e. The Morgan fingerprint density at radius 1 is 1.03 bits per heavy atom. The van der Waals surface area contributed by atoms with Gasteiger partial charge in [0.05, 0.1) is 13.5 Å². The van der Waals surface area contributed by atoms with Crippen LogP contribution in [0.5, 0.6) is 5.75 Å². The maximum atomic E-state index is 12.6. The molecule has 4 rings (SSSR count). The number of aromatic amines is 2. The Hall–Kier alpha value is -3.74. The van der Waals surface area contributed by atoms with Gasteiger partial charge in [-0.3, -0.25) is 4.79 Å². The number of methoxy groups -OCH3 is 1. The number of fused-ring (bicyclic) bond motifs is 2. The van der Waals surface area contributed by atoms with E-state index >= 15 is 0 Å². The van der Waals surface area contributed by atoms with Gasteiger partial charge < -0.3 is 25.1 Å². The van der Waals surface area contributed by atoms with Crippen molar-refractivity contribution in [1.82, 2.24) is 15.3 Å². The molecule has 2 aromatic carbocycles. The van der Waals surface area contributed by atoms with Crippen LogP contribution in [0.3, 0.4) is 0 Å². The van der Waals surface area contributed by atoms with Crippen LogP contribution in [0.25, 0.3) is 21.8 Å². The molecule has 0 saturated carbocycles. The summed E-state index contributed by atoms with van der Waals surface area (Å²) >= 11 is 0. The molecule has 29 heavy (non-hydrogen) atoms. The van der Waals surface area contributed by atoms with E-state index in [2.05, 4.69) is 15.3 Å². The van der Waals surface area contributed by atoms with Crippen molar-refractivity contribution in [3.8, 4) is 5.75 Å². The van der Waals surface area contributed by atoms with E-state index < -0.39 is 12.0 Å². The highest BCUT2D eigenvalue weighted by atomic mass is 16.5. The number of aromatic nitrogens is 2. The number of H-pyrrole nitrogens is 2. The molecule has 1 atom stereocenters. The molecule has 0 unspecified atom stereocenters. The predicted molar refractivity (Wildman–Crippen MR) is 110 cm³/mol. The maximum absolute atomic E-state index is 12.6. The Morgan fingerprint density at radius 2 is 1.76 bits per heavy atom. The number of carboxylic acids is 1. The van der Waals surface area contributed by atoms with Gasteiger partial charge in [0, 0.05) is 40.6 Å². The fraction of sp³-hybridized carbons (Fsp3) is 0.182. The summed E-state index contributed by atoms with van der Waals surface area (Å²) in [6, 6.07) is 12.2. The Kier molecular flexibility index (Phi) is 4.95. The van der Waals surface area contributed by atoms with Crippen molar-refractivity contribution in [1.29, 1.82) is 0 Å². The Labute approximate surface area is 166 Å². The molecule has 2 aromatic heterocycles. The first kappa shape index (κ1) is 18.6. The molecule has 0 aliphatic carbocycles. The molecule has 2 heterocycles. The van der Waals surface area contributed by atoms with Crippen molar-refractivity contribution in [3.05, 3.63) is 66.0 Å². The zero-order valence-corrected chi connectivity index (χ0v) is 15.9. The lowest BCUT2D eigenvalue weighted by Crippen LogP contribution is -2.43. The van der Waals surface area contributed by atoms with Crippen LogP contribution in [0.1, 0.15) is 11.1 Å². The summed E-state index contributed by atoms with van der Waals surface area (Å²) in [4.78, 5) is 30.6. The number of aliphatic carboxylic acids is 1. The quantitative estimate of drug-likeness (QED) is 0.388. The van der Waals surface area contributed by atoms with Gasteiger partial charge in [-0.15, -0.1) is 0 Å². The molecule has 7 nitrogen and oxygen atoms in total. The molecule has 0 saturated heterocycles. The summed E-state index contributed by atoms with van der Waals surface area (Å²) in [5.41, 5.74) is 3.46. The third-order valence-electron chi connectivity index (χ3n) is 5.06. The standard InChI is InChI=1S/C22H21N3O4/c1-29-15-6-7-19-17(10-15)14(12-24-19)9-21(26)25-20(22(27)28)8-13-11-23-18-5-3-2-4-16(13)18/h2-7,10-12,20,23-24H,8-9H2,1H3,(H,25,26)(H,27,28)/t20-/m0/s1. The van der Waals surface area contributed by atoms with Gasteiger partial charge in [-0.25, -0.2) is 4.79 Å². The van der Waals surface area contributed by atoms with Gasteiger partial charge in [0.25, 0.3) is 0 Å². The second kappa shape index (κ2) is 7.71. The number of hydrogen-bond acceptors (Lipinski definition) is 3. The largest absolute Gasteiger partial charge is 0.497 e. The molecule has 0 spiro atoms. The Balaban J connectivity index is 1.50. The van der Waals surface area contributed by atoms with Gasteiger partial charge in [0.2, 0.25) is 5.91 Å². The number of carboxylic acid groups (broad SMARTS) is 1. The van der Waals surface area contributed by atoms with Crippen LogP contribution < -0.4 is 10.1 Å². The number of carbonyl (C=O) groups is 2. The van der Waals surface area contributed by atoms with E-state index in [4.69, 9.17) is 4.74 Å². The molecule has 0 aliphatic rings. The van der Waals surface area contributed by atoms with Gasteiger partial charge in [0.1, 0.15) is 11.8 Å². The maximum Gasteiger partial charge on any atom is 0.326 e. The summed E-state index contributed by atoms with van der Waals surface area (Å²) < 4.78 is 5.25. The minimum atomic E-state index is -1.07. The van der Waals surface area contributed by atoms with Gasteiger partial charge >= 0.3 is 5.97 Å². The first-order valence-corrected chi connectivity index (χ1v) is 9.26. The lowest BCUT2D eigenvalue weighted by Gasteiger charge is -2.14. The van der Waals surface area contributed by atoms with Gasteiger partial charge in [-0.2, -0.15) is 0 Å². The van der Waals surface area contributed by atoms with Crippen molar-refractivity contribution in [2.24, 2.45) is 0 Å².